The van der Waals surface area contributed by atoms with E-state index < -0.39 is 15.9 Å². The second-order valence-electron chi connectivity index (χ2n) is 9.20. The fourth-order valence-electron chi connectivity index (χ4n) is 5.09. The summed E-state index contributed by atoms with van der Waals surface area (Å²) < 4.78 is 28.8. The lowest BCUT2D eigenvalue weighted by molar-refractivity contribution is -0.140. The molecule has 8 nitrogen and oxygen atoms in total. The molecule has 35 heavy (non-hydrogen) atoms. The summed E-state index contributed by atoms with van der Waals surface area (Å²) in [7, 11) is -3.80. The summed E-state index contributed by atoms with van der Waals surface area (Å²) in [6.45, 7) is 1.21. The van der Waals surface area contributed by atoms with Gasteiger partial charge in [0.1, 0.15) is 0 Å². The zero-order valence-corrected chi connectivity index (χ0v) is 20.6. The van der Waals surface area contributed by atoms with Crippen LogP contribution in [-0.4, -0.2) is 67.3 Å². The van der Waals surface area contributed by atoms with Crippen LogP contribution < -0.4 is 5.32 Å². The molecule has 9 heteroatoms. The highest BCUT2D eigenvalue weighted by Gasteiger charge is 2.41. The first-order valence-electron chi connectivity index (χ1n) is 12.2. The average molecular weight is 500 g/mol. The van der Waals surface area contributed by atoms with Crippen molar-refractivity contribution in [3.8, 4) is 0 Å². The number of likely N-dealkylation sites (tertiary alicyclic amines) is 1. The van der Waals surface area contributed by atoms with E-state index >= 15 is 0 Å². The molecule has 2 aliphatic heterocycles. The van der Waals surface area contributed by atoms with E-state index in [2.05, 4.69) is 5.32 Å². The number of nitrogens with zero attached hydrogens (tertiary/aromatic N) is 2. The molecule has 2 aromatic rings. The maximum Gasteiger partial charge on any atom is 0.243 e. The van der Waals surface area contributed by atoms with Gasteiger partial charge in [0.25, 0.3) is 0 Å². The molecule has 2 aromatic carbocycles. The predicted molar refractivity (Wildman–Crippen MR) is 132 cm³/mol. The molecule has 2 heterocycles. The maximum absolute atomic E-state index is 13.7. The molecule has 2 saturated heterocycles. The Kier molecular flexibility index (Phi) is 8.20. The van der Waals surface area contributed by atoms with Gasteiger partial charge in [-0.25, -0.2) is 8.42 Å². The number of hydrogen-bond donors (Lipinski definition) is 2. The van der Waals surface area contributed by atoms with Gasteiger partial charge in [-0.05, 0) is 43.4 Å². The van der Waals surface area contributed by atoms with Crippen LogP contribution in [0.3, 0.4) is 0 Å². The SMILES string of the molecule is O=C(NCCO)C1CCN(C(=O)C2CCC(c3ccccc3)N(S(=O)(=O)c3ccccc3)C2)CC1. The molecule has 2 aliphatic rings. The topological polar surface area (TPSA) is 107 Å². The molecule has 4 rings (SSSR count). The molecule has 2 fully saturated rings. The van der Waals surface area contributed by atoms with Gasteiger partial charge in [-0.3, -0.25) is 9.59 Å². The number of nitrogens with one attached hydrogen (secondary N) is 1. The van der Waals surface area contributed by atoms with Gasteiger partial charge in [-0.15, -0.1) is 0 Å². The number of carbonyl (C=O) groups excluding carboxylic acids is 2. The molecular weight excluding hydrogens is 466 g/mol. The van der Waals surface area contributed by atoms with Crippen LogP contribution in [-0.2, 0) is 19.6 Å². The van der Waals surface area contributed by atoms with Crippen molar-refractivity contribution < 1.29 is 23.1 Å². The van der Waals surface area contributed by atoms with E-state index in [0.29, 0.717) is 38.8 Å². The van der Waals surface area contributed by atoms with Crippen molar-refractivity contribution in [1.82, 2.24) is 14.5 Å². The van der Waals surface area contributed by atoms with E-state index in [0.717, 1.165) is 5.56 Å². The minimum atomic E-state index is -3.80. The Balaban J connectivity index is 1.49. The van der Waals surface area contributed by atoms with Crippen molar-refractivity contribution in [2.24, 2.45) is 11.8 Å². The van der Waals surface area contributed by atoms with Crippen LogP contribution in [0.15, 0.2) is 65.6 Å². The number of rotatable bonds is 7. The summed E-state index contributed by atoms with van der Waals surface area (Å²) in [6.07, 6.45) is 2.30. The van der Waals surface area contributed by atoms with Crippen LogP contribution in [0, 0.1) is 11.8 Å². The van der Waals surface area contributed by atoms with Crippen LogP contribution in [0.1, 0.15) is 37.3 Å². The van der Waals surface area contributed by atoms with E-state index in [1.54, 1.807) is 35.2 Å². The Morgan fingerprint density at radius 1 is 0.886 bits per heavy atom. The summed E-state index contributed by atoms with van der Waals surface area (Å²) in [5.74, 6) is -0.726. The molecule has 2 atom stereocenters. The number of piperidine rings is 2. The normalized spacial score (nSPS) is 22.0. The van der Waals surface area contributed by atoms with Crippen LogP contribution in [0.2, 0.25) is 0 Å². The molecular formula is C26H33N3O5S. The highest BCUT2D eigenvalue weighted by atomic mass is 32.2. The lowest BCUT2D eigenvalue weighted by atomic mass is 9.89. The third-order valence-electron chi connectivity index (χ3n) is 7.01. The number of carbonyl (C=O) groups is 2. The van der Waals surface area contributed by atoms with Crippen molar-refractivity contribution in [1.29, 1.82) is 0 Å². The molecule has 0 saturated carbocycles. The number of aliphatic hydroxyl groups excluding tert-OH is 1. The van der Waals surface area contributed by atoms with E-state index in [4.69, 9.17) is 5.11 Å². The fourth-order valence-corrected chi connectivity index (χ4v) is 6.80. The van der Waals surface area contributed by atoms with Gasteiger partial charge in [-0.1, -0.05) is 48.5 Å². The molecule has 2 N–H and O–H groups in total. The summed E-state index contributed by atoms with van der Waals surface area (Å²) in [5, 5.41) is 11.6. The third kappa shape index (κ3) is 5.74. The summed E-state index contributed by atoms with van der Waals surface area (Å²) >= 11 is 0. The number of amides is 2. The zero-order valence-electron chi connectivity index (χ0n) is 19.8. The van der Waals surface area contributed by atoms with Gasteiger partial charge in [0, 0.05) is 32.1 Å². The van der Waals surface area contributed by atoms with Gasteiger partial charge >= 0.3 is 0 Å². The van der Waals surface area contributed by atoms with Gasteiger partial charge in [-0.2, -0.15) is 4.31 Å². The molecule has 0 aliphatic carbocycles. The first-order valence-corrected chi connectivity index (χ1v) is 13.6. The molecule has 2 unspecified atom stereocenters. The van der Waals surface area contributed by atoms with Crippen LogP contribution in [0.25, 0.3) is 0 Å². The Morgan fingerprint density at radius 3 is 2.14 bits per heavy atom. The van der Waals surface area contributed by atoms with Gasteiger partial charge in [0.05, 0.1) is 23.5 Å². The van der Waals surface area contributed by atoms with E-state index in [9.17, 15) is 18.0 Å². The van der Waals surface area contributed by atoms with Crippen LogP contribution in [0.5, 0.6) is 0 Å². The van der Waals surface area contributed by atoms with Gasteiger partial charge in [0.2, 0.25) is 21.8 Å². The summed E-state index contributed by atoms with van der Waals surface area (Å²) in [4.78, 5) is 27.6. The van der Waals surface area contributed by atoms with Crippen molar-refractivity contribution in [2.45, 2.75) is 36.6 Å². The van der Waals surface area contributed by atoms with Gasteiger partial charge < -0.3 is 15.3 Å². The number of aliphatic hydroxyl groups is 1. The van der Waals surface area contributed by atoms with E-state index in [1.165, 1.54) is 4.31 Å². The van der Waals surface area contributed by atoms with Crippen molar-refractivity contribution in [2.75, 3.05) is 32.8 Å². The zero-order chi connectivity index (χ0) is 24.8. The monoisotopic (exact) mass is 499 g/mol. The van der Waals surface area contributed by atoms with Crippen molar-refractivity contribution in [3.05, 3.63) is 66.2 Å². The highest BCUT2D eigenvalue weighted by Crippen LogP contribution is 2.38. The van der Waals surface area contributed by atoms with Crippen molar-refractivity contribution >= 4 is 21.8 Å². The minimum absolute atomic E-state index is 0.0426. The fraction of sp³-hybridized carbons (Fsp3) is 0.462. The predicted octanol–water partition coefficient (Wildman–Crippen LogP) is 2.18. The Hall–Kier alpha value is -2.75. The van der Waals surface area contributed by atoms with Crippen molar-refractivity contribution in [3.63, 3.8) is 0 Å². The lowest BCUT2D eigenvalue weighted by Gasteiger charge is -2.41. The number of hydrogen-bond acceptors (Lipinski definition) is 5. The Morgan fingerprint density at radius 2 is 1.51 bits per heavy atom. The lowest BCUT2D eigenvalue weighted by Crippen LogP contribution is -2.50. The molecule has 0 radical (unpaired) electrons. The quantitative estimate of drug-likeness (QED) is 0.607. The first kappa shape index (κ1) is 25.3. The van der Waals surface area contributed by atoms with Crippen LogP contribution >= 0.6 is 0 Å². The molecule has 188 valence electrons. The molecule has 0 aromatic heterocycles. The Labute approximate surface area is 207 Å². The highest BCUT2D eigenvalue weighted by molar-refractivity contribution is 7.89. The number of benzene rings is 2. The Bertz CT molecular complexity index is 1100. The summed E-state index contributed by atoms with van der Waals surface area (Å²) in [6, 6.07) is 17.6. The maximum atomic E-state index is 13.7. The van der Waals surface area contributed by atoms with Crippen LogP contribution in [0.4, 0.5) is 0 Å². The smallest absolute Gasteiger partial charge is 0.243 e. The minimum Gasteiger partial charge on any atom is -0.395 e. The van der Waals surface area contributed by atoms with Gasteiger partial charge in [0.15, 0.2) is 0 Å². The first-order chi connectivity index (χ1) is 16.9. The second-order valence-corrected chi connectivity index (χ2v) is 11.1. The van der Waals surface area contributed by atoms with E-state index in [1.807, 2.05) is 30.3 Å². The molecule has 0 spiro atoms. The number of sulfonamides is 1. The second kappa shape index (κ2) is 11.3. The summed E-state index contributed by atoms with van der Waals surface area (Å²) in [5.41, 5.74) is 0.924. The van der Waals surface area contributed by atoms with E-state index in [-0.39, 0.29) is 48.4 Å². The largest absolute Gasteiger partial charge is 0.395 e. The average Bonchev–Trinajstić information content (AvgIpc) is 2.92. The molecule has 2 amide bonds. The molecule has 0 bridgehead atoms. The third-order valence-corrected chi connectivity index (χ3v) is 8.90. The standard InChI is InChI=1S/C26H33N3O5S/c30-18-15-27-25(31)21-13-16-28(17-14-21)26(32)22-11-12-24(20-7-3-1-4-8-20)29(19-22)35(33,34)23-9-5-2-6-10-23/h1-10,21-22,24,30H,11-19H2,(H,27,31).